The fourth-order valence-electron chi connectivity index (χ4n) is 3.57. The van der Waals surface area contributed by atoms with Gasteiger partial charge in [0.05, 0.1) is 0 Å². The average molecular weight is 287 g/mol. The molecule has 0 aromatic carbocycles. The van der Waals surface area contributed by atoms with Gasteiger partial charge in [-0.2, -0.15) is 0 Å². The van der Waals surface area contributed by atoms with Crippen molar-refractivity contribution < 1.29 is 4.79 Å². The topological polar surface area (TPSA) is 38.1 Å². The van der Waals surface area contributed by atoms with Crippen molar-refractivity contribution in [2.45, 2.75) is 52.0 Å². The van der Waals surface area contributed by atoms with Crippen molar-refractivity contribution in [2.24, 2.45) is 17.8 Å². The molecule has 0 spiro atoms. The maximum absolute atomic E-state index is 12.9. The molecular weight excluding hydrogens is 262 g/mol. The molecule has 3 aliphatic rings. The fraction of sp³-hybridized carbons (Fsp3) is 0.765. The third-order valence-corrected chi connectivity index (χ3v) is 5.31. The number of aromatic nitrogens is 2. The molecule has 2 fully saturated rings. The first-order valence-electron chi connectivity index (χ1n) is 8.50. The predicted octanol–water partition coefficient (Wildman–Crippen LogP) is 2.40. The van der Waals surface area contributed by atoms with Gasteiger partial charge in [-0.25, -0.2) is 4.98 Å². The normalized spacial score (nSPS) is 24.7. The Morgan fingerprint density at radius 2 is 1.90 bits per heavy atom. The van der Waals surface area contributed by atoms with Gasteiger partial charge in [0.15, 0.2) is 0 Å². The van der Waals surface area contributed by atoms with Crippen LogP contribution < -0.4 is 0 Å². The van der Waals surface area contributed by atoms with Crippen LogP contribution in [0.15, 0.2) is 6.20 Å². The lowest BCUT2D eigenvalue weighted by molar-refractivity contribution is -0.136. The maximum atomic E-state index is 12.9. The van der Waals surface area contributed by atoms with E-state index in [2.05, 4.69) is 21.4 Å². The zero-order chi connectivity index (χ0) is 14.4. The minimum absolute atomic E-state index is 0.186. The molecule has 0 saturated heterocycles. The predicted molar refractivity (Wildman–Crippen MR) is 80.8 cm³/mol. The zero-order valence-electron chi connectivity index (χ0n) is 12.9. The summed E-state index contributed by atoms with van der Waals surface area (Å²) < 4.78 is 2.27. The van der Waals surface area contributed by atoms with Gasteiger partial charge in [-0.15, -0.1) is 0 Å². The highest BCUT2D eigenvalue weighted by atomic mass is 16.2. The van der Waals surface area contributed by atoms with E-state index in [4.69, 9.17) is 0 Å². The van der Waals surface area contributed by atoms with Gasteiger partial charge in [0.25, 0.3) is 0 Å². The summed E-state index contributed by atoms with van der Waals surface area (Å²) in [4.78, 5) is 19.5. The Hall–Kier alpha value is -1.32. The van der Waals surface area contributed by atoms with Crippen molar-refractivity contribution in [2.75, 3.05) is 13.1 Å². The molecule has 1 aromatic rings. The van der Waals surface area contributed by atoms with Crippen LogP contribution >= 0.6 is 0 Å². The highest BCUT2D eigenvalue weighted by Crippen LogP contribution is 2.35. The first kappa shape index (κ1) is 13.4. The SMILES string of the molecule is Cc1ncc2n1CCC(C(=O)N(CC1CC1)CC1CC1)C2. The van der Waals surface area contributed by atoms with Crippen molar-refractivity contribution in [3.63, 3.8) is 0 Å². The molecule has 0 radical (unpaired) electrons. The fourth-order valence-corrected chi connectivity index (χ4v) is 3.57. The molecule has 2 heterocycles. The van der Waals surface area contributed by atoms with Crippen LogP contribution in [0.5, 0.6) is 0 Å². The molecule has 21 heavy (non-hydrogen) atoms. The average Bonchev–Trinajstić information content (AvgIpc) is 3.40. The summed E-state index contributed by atoms with van der Waals surface area (Å²) >= 11 is 0. The number of amides is 1. The van der Waals surface area contributed by atoms with Crippen molar-refractivity contribution in [1.29, 1.82) is 0 Å². The van der Waals surface area contributed by atoms with Crippen LogP contribution in [-0.4, -0.2) is 33.4 Å². The van der Waals surface area contributed by atoms with Crippen LogP contribution in [0.25, 0.3) is 0 Å². The molecule has 0 N–H and O–H groups in total. The van der Waals surface area contributed by atoms with E-state index in [1.54, 1.807) is 0 Å². The lowest BCUT2D eigenvalue weighted by Gasteiger charge is -2.30. The standard InChI is InChI=1S/C17H25N3O/c1-12-18-9-16-8-15(6-7-20(12)16)17(21)19(10-13-2-3-13)11-14-4-5-14/h9,13-15H,2-8,10-11H2,1H3. The number of hydrogen-bond acceptors (Lipinski definition) is 2. The molecule has 1 aliphatic heterocycles. The Bertz CT molecular complexity index is 528. The third kappa shape index (κ3) is 2.85. The van der Waals surface area contributed by atoms with Gasteiger partial charge in [-0.3, -0.25) is 4.79 Å². The van der Waals surface area contributed by atoms with Gasteiger partial charge >= 0.3 is 0 Å². The molecular formula is C17H25N3O. The van der Waals surface area contributed by atoms with Crippen molar-refractivity contribution in [3.8, 4) is 0 Å². The second kappa shape index (κ2) is 5.15. The van der Waals surface area contributed by atoms with E-state index in [0.29, 0.717) is 5.91 Å². The van der Waals surface area contributed by atoms with Crippen LogP contribution in [-0.2, 0) is 17.8 Å². The van der Waals surface area contributed by atoms with Gasteiger partial charge < -0.3 is 9.47 Å². The molecule has 2 aliphatic carbocycles. The second-order valence-corrected chi connectivity index (χ2v) is 7.27. The summed E-state index contributed by atoms with van der Waals surface area (Å²) in [6.07, 6.45) is 9.12. The first-order chi connectivity index (χ1) is 10.2. The summed E-state index contributed by atoms with van der Waals surface area (Å²) in [5.41, 5.74) is 1.25. The van der Waals surface area contributed by atoms with Gasteiger partial charge in [0.1, 0.15) is 5.82 Å². The lowest BCUT2D eigenvalue weighted by atomic mass is 9.94. The maximum Gasteiger partial charge on any atom is 0.226 e. The zero-order valence-corrected chi connectivity index (χ0v) is 12.9. The summed E-state index contributed by atoms with van der Waals surface area (Å²) in [6, 6.07) is 0. The minimum Gasteiger partial charge on any atom is -0.342 e. The van der Waals surface area contributed by atoms with E-state index in [1.807, 2.05) is 6.20 Å². The molecule has 1 atom stereocenters. The Balaban J connectivity index is 1.44. The highest BCUT2D eigenvalue weighted by molar-refractivity contribution is 5.79. The van der Waals surface area contributed by atoms with E-state index >= 15 is 0 Å². The number of fused-ring (bicyclic) bond motifs is 1. The smallest absolute Gasteiger partial charge is 0.226 e. The molecule has 4 nitrogen and oxygen atoms in total. The largest absolute Gasteiger partial charge is 0.342 e. The summed E-state index contributed by atoms with van der Waals surface area (Å²) in [5, 5.41) is 0. The Labute approximate surface area is 126 Å². The van der Waals surface area contributed by atoms with E-state index in [0.717, 1.165) is 50.1 Å². The van der Waals surface area contributed by atoms with E-state index in [1.165, 1.54) is 31.4 Å². The Kier molecular flexibility index (Phi) is 3.27. The molecule has 2 saturated carbocycles. The number of carbonyl (C=O) groups excluding carboxylic acids is 1. The number of rotatable bonds is 5. The number of aryl methyl sites for hydroxylation is 1. The number of nitrogens with zero attached hydrogens (tertiary/aromatic N) is 3. The highest BCUT2D eigenvalue weighted by Gasteiger charge is 2.35. The lowest BCUT2D eigenvalue weighted by Crippen LogP contribution is -2.41. The van der Waals surface area contributed by atoms with Crippen LogP contribution in [0, 0.1) is 24.7 Å². The molecule has 4 rings (SSSR count). The van der Waals surface area contributed by atoms with Gasteiger partial charge in [-0.1, -0.05) is 0 Å². The van der Waals surface area contributed by atoms with Crippen molar-refractivity contribution in [1.82, 2.24) is 14.5 Å². The van der Waals surface area contributed by atoms with Crippen LogP contribution in [0.2, 0.25) is 0 Å². The van der Waals surface area contributed by atoms with Crippen LogP contribution in [0.3, 0.4) is 0 Å². The summed E-state index contributed by atoms with van der Waals surface area (Å²) in [5.74, 6) is 3.28. The van der Waals surface area contributed by atoms with Crippen molar-refractivity contribution in [3.05, 3.63) is 17.7 Å². The quantitative estimate of drug-likeness (QED) is 0.834. The molecule has 114 valence electrons. The van der Waals surface area contributed by atoms with Crippen LogP contribution in [0.1, 0.15) is 43.6 Å². The number of carbonyl (C=O) groups is 1. The summed E-state index contributed by atoms with van der Waals surface area (Å²) in [7, 11) is 0. The molecule has 0 bridgehead atoms. The van der Waals surface area contributed by atoms with E-state index < -0.39 is 0 Å². The van der Waals surface area contributed by atoms with Crippen LogP contribution in [0.4, 0.5) is 0 Å². The number of imidazole rings is 1. The minimum atomic E-state index is 0.186. The van der Waals surface area contributed by atoms with E-state index in [9.17, 15) is 4.79 Å². The second-order valence-electron chi connectivity index (χ2n) is 7.27. The molecule has 1 aromatic heterocycles. The first-order valence-corrected chi connectivity index (χ1v) is 8.50. The molecule has 1 unspecified atom stereocenters. The molecule has 4 heteroatoms. The van der Waals surface area contributed by atoms with Gasteiger partial charge in [-0.05, 0) is 50.9 Å². The van der Waals surface area contributed by atoms with E-state index in [-0.39, 0.29) is 5.92 Å². The van der Waals surface area contributed by atoms with Gasteiger partial charge in [0, 0.05) is 43.9 Å². The molecule has 1 amide bonds. The monoisotopic (exact) mass is 287 g/mol. The van der Waals surface area contributed by atoms with Crippen molar-refractivity contribution >= 4 is 5.91 Å². The Morgan fingerprint density at radius 1 is 1.24 bits per heavy atom. The summed E-state index contributed by atoms with van der Waals surface area (Å²) in [6.45, 7) is 5.05. The third-order valence-electron chi connectivity index (χ3n) is 5.31. The Morgan fingerprint density at radius 3 is 2.52 bits per heavy atom. The number of hydrogen-bond donors (Lipinski definition) is 0. The van der Waals surface area contributed by atoms with Gasteiger partial charge in [0.2, 0.25) is 5.91 Å².